The smallest absolute Gasteiger partial charge is 0.119 e. The summed E-state index contributed by atoms with van der Waals surface area (Å²) in [6.45, 7) is 12.6. The monoisotopic (exact) mass is 497 g/mol. The number of unbranched alkanes of at least 4 members (excludes halogenated alkanes) is 1. The SMILES string of the molecule is C=C(/C=C(\C(CCCC)=N/N)c1ccc(OC2CCCCC2)cc1)OC1CCN(CC(C)(C)O)CC1. The summed E-state index contributed by atoms with van der Waals surface area (Å²) in [6, 6.07) is 8.27. The van der Waals surface area contributed by atoms with Crippen LogP contribution in [0.3, 0.4) is 0 Å². The minimum Gasteiger partial charge on any atom is -0.491 e. The van der Waals surface area contributed by atoms with Gasteiger partial charge in [0.2, 0.25) is 0 Å². The Bertz CT molecular complexity index is 872. The number of rotatable bonds is 12. The summed E-state index contributed by atoms with van der Waals surface area (Å²) in [4.78, 5) is 2.30. The van der Waals surface area contributed by atoms with Crippen molar-refractivity contribution in [3.8, 4) is 5.75 Å². The van der Waals surface area contributed by atoms with Gasteiger partial charge in [-0.15, -0.1) is 0 Å². The molecule has 2 fully saturated rings. The molecule has 200 valence electrons. The first-order valence-electron chi connectivity index (χ1n) is 13.8. The molecule has 1 aliphatic heterocycles. The minimum absolute atomic E-state index is 0.119. The molecule has 3 rings (SSSR count). The molecule has 0 atom stereocenters. The lowest BCUT2D eigenvalue weighted by Gasteiger charge is -2.35. The van der Waals surface area contributed by atoms with E-state index in [9.17, 15) is 5.11 Å². The Morgan fingerprint density at radius 1 is 1.11 bits per heavy atom. The van der Waals surface area contributed by atoms with Gasteiger partial charge < -0.3 is 25.3 Å². The zero-order chi connectivity index (χ0) is 26.0. The average molecular weight is 498 g/mol. The van der Waals surface area contributed by atoms with Crippen LogP contribution in [0.4, 0.5) is 0 Å². The van der Waals surface area contributed by atoms with Gasteiger partial charge in [0.25, 0.3) is 0 Å². The molecule has 0 bridgehead atoms. The second kappa shape index (κ2) is 13.8. The molecule has 1 aromatic rings. The van der Waals surface area contributed by atoms with E-state index in [2.05, 4.69) is 35.6 Å². The number of aliphatic hydroxyl groups is 1. The summed E-state index contributed by atoms with van der Waals surface area (Å²) in [6.07, 6.45) is 13.3. The van der Waals surface area contributed by atoms with Crippen molar-refractivity contribution in [3.05, 3.63) is 48.2 Å². The van der Waals surface area contributed by atoms with Gasteiger partial charge in [-0.25, -0.2) is 0 Å². The van der Waals surface area contributed by atoms with Crippen molar-refractivity contribution >= 4 is 11.3 Å². The van der Waals surface area contributed by atoms with E-state index in [1.54, 1.807) is 0 Å². The zero-order valence-corrected chi connectivity index (χ0v) is 22.7. The van der Waals surface area contributed by atoms with E-state index in [0.717, 1.165) is 80.6 Å². The quantitative estimate of drug-likeness (QED) is 0.121. The highest BCUT2D eigenvalue weighted by Gasteiger charge is 2.25. The fourth-order valence-electron chi connectivity index (χ4n) is 5.18. The summed E-state index contributed by atoms with van der Waals surface area (Å²) < 4.78 is 12.5. The van der Waals surface area contributed by atoms with Crippen LogP contribution in [0, 0.1) is 0 Å². The van der Waals surface area contributed by atoms with Crippen molar-refractivity contribution in [2.75, 3.05) is 19.6 Å². The van der Waals surface area contributed by atoms with Gasteiger partial charge >= 0.3 is 0 Å². The van der Waals surface area contributed by atoms with Crippen LogP contribution in [0.15, 0.2) is 47.8 Å². The van der Waals surface area contributed by atoms with E-state index in [0.29, 0.717) is 18.4 Å². The highest BCUT2D eigenvalue weighted by atomic mass is 16.5. The van der Waals surface area contributed by atoms with Crippen molar-refractivity contribution in [3.63, 3.8) is 0 Å². The summed E-state index contributed by atoms with van der Waals surface area (Å²) in [7, 11) is 0. The maximum Gasteiger partial charge on any atom is 0.119 e. The molecule has 3 N–H and O–H groups in total. The molecule has 2 aliphatic rings. The molecule has 0 spiro atoms. The molecule has 1 saturated carbocycles. The summed E-state index contributed by atoms with van der Waals surface area (Å²) in [5.74, 6) is 7.40. The Kier molecular flexibility index (Phi) is 10.9. The molecule has 0 aromatic heterocycles. The molecule has 1 saturated heterocycles. The number of nitrogens with two attached hydrogens (primary N) is 1. The summed E-state index contributed by atoms with van der Waals surface area (Å²) in [5.41, 5.74) is 2.18. The number of nitrogens with zero attached hydrogens (tertiary/aromatic N) is 2. The van der Waals surface area contributed by atoms with Gasteiger partial charge in [-0.3, -0.25) is 0 Å². The molecule has 0 radical (unpaired) electrons. The Morgan fingerprint density at radius 2 is 1.78 bits per heavy atom. The van der Waals surface area contributed by atoms with Crippen LogP contribution in [-0.4, -0.2) is 53.2 Å². The van der Waals surface area contributed by atoms with Gasteiger partial charge in [-0.2, -0.15) is 5.10 Å². The predicted octanol–water partition coefficient (Wildman–Crippen LogP) is 6.05. The van der Waals surface area contributed by atoms with Crippen molar-refractivity contribution < 1.29 is 14.6 Å². The van der Waals surface area contributed by atoms with Gasteiger partial charge in [0, 0.05) is 25.2 Å². The summed E-state index contributed by atoms with van der Waals surface area (Å²) >= 11 is 0. The van der Waals surface area contributed by atoms with E-state index < -0.39 is 5.60 Å². The van der Waals surface area contributed by atoms with Crippen LogP contribution in [0.5, 0.6) is 5.75 Å². The highest BCUT2D eigenvalue weighted by Crippen LogP contribution is 2.28. The van der Waals surface area contributed by atoms with Gasteiger partial charge in [-0.1, -0.05) is 38.5 Å². The van der Waals surface area contributed by atoms with E-state index in [1.165, 1.54) is 19.3 Å². The number of hydrazone groups is 1. The van der Waals surface area contributed by atoms with Crippen molar-refractivity contribution in [2.45, 2.75) is 103 Å². The third-order valence-corrected chi connectivity index (χ3v) is 7.02. The third kappa shape index (κ3) is 9.29. The number of piperidine rings is 1. The first kappa shape index (κ1) is 28.3. The maximum atomic E-state index is 10.1. The van der Waals surface area contributed by atoms with Gasteiger partial charge in [0.05, 0.1) is 17.4 Å². The second-order valence-corrected chi connectivity index (χ2v) is 11.0. The lowest BCUT2D eigenvalue weighted by atomic mass is 9.96. The lowest BCUT2D eigenvalue weighted by molar-refractivity contribution is 0.00303. The van der Waals surface area contributed by atoms with E-state index in [-0.39, 0.29) is 6.10 Å². The molecule has 1 aliphatic carbocycles. The van der Waals surface area contributed by atoms with Crippen LogP contribution < -0.4 is 10.6 Å². The Hall–Kier alpha value is -2.31. The fourth-order valence-corrected chi connectivity index (χ4v) is 5.18. The van der Waals surface area contributed by atoms with E-state index in [1.807, 2.05) is 32.1 Å². The average Bonchev–Trinajstić information content (AvgIpc) is 2.85. The number of hydrogen-bond acceptors (Lipinski definition) is 6. The summed E-state index contributed by atoms with van der Waals surface area (Å²) in [5, 5.41) is 14.3. The van der Waals surface area contributed by atoms with Gasteiger partial charge in [-0.05, 0) is 89.0 Å². The molecule has 1 heterocycles. The number of benzene rings is 1. The second-order valence-electron chi connectivity index (χ2n) is 11.0. The molecule has 6 heteroatoms. The normalized spacial score (nSPS) is 19.3. The number of hydrogen-bond donors (Lipinski definition) is 2. The number of allylic oxidation sites excluding steroid dienone is 2. The van der Waals surface area contributed by atoms with Crippen LogP contribution in [0.2, 0.25) is 0 Å². The molecule has 36 heavy (non-hydrogen) atoms. The standard InChI is InChI=1S/C30H47N3O3/c1-5-6-12-29(32-31)28(24-13-15-26(16-14-24)36-25-10-8-7-9-11-25)21-23(2)35-27-17-19-33(20-18-27)22-30(3,4)34/h13-16,21,25,27,34H,2,5-12,17-20,22,31H2,1,3-4H3/b28-21-,32-29-. The maximum absolute atomic E-state index is 10.1. The Labute approximate surface area is 218 Å². The van der Waals surface area contributed by atoms with Gasteiger partial charge in [0.1, 0.15) is 17.6 Å². The third-order valence-electron chi connectivity index (χ3n) is 7.02. The Balaban J connectivity index is 1.68. The highest BCUT2D eigenvalue weighted by molar-refractivity contribution is 6.24. The van der Waals surface area contributed by atoms with Crippen LogP contribution in [0.25, 0.3) is 5.57 Å². The largest absolute Gasteiger partial charge is 0.491 e. The molecule has 1 aromatic carbocycles. The van der Waals surface area contributed by atoms with Crippen molar-refractivity contribution in [1.29, 1.82) is 0 Å². The molecule has 6 nitrogen and oxygen atoms in total. The predicted molar refractivity (Wildman–Crippen MR) is 149 cm³/mol. The first-order valence-corrected chi connectivity index (χ1v) is 13.8. The number of likely N-dealkylation sites (tertiary alicyclic amines) is 1. The zero-order valence-electron chi connectivity index (χ0n) is 22.7. The fraction of sp³-hybridized carbons (Fsp3) is 0.633. The van der Waals surface area contributed by atoms with E-state index in [4.69, 9.17) is 15.3 Å². The van der Waals surface area contributed by atoms with Crippen LogP contribution >= 0.6 is 0 Å². The topological polar surface area (TPSA) is 80.3 Å². The molecule has 0 amide bonds. The van der Waals surface area contributed by atoms with Crippen LogP contribution in [0.1, 0.15) is 90.5 Å². The lowest BCUT2D eigenvalue weighted by Crippen LogP contribution is -2.44. The van der Waals surface area contributed by atoms with Gasteiger partial charge in [0.15, 0.2) is 0 Å². The van der Waals surface area contributed by atoms with Crippen molar-refractivity contribution in [1.82, 2.24) is 4.90 Å². The number of ether oxygens (including phenoxy) is 2. The molecular weight excluding hydrogens is 450 g/mol. The first-order chi connectivity index (χ1) is 17.3. The Morgan fingerprint density at radius 3 is 2.36 bits per heavy atom. The van der Waals surface area contributed by atoms with Crippen molar-refractivity contribution in [2.24, 2.45) is 10.9 Å². The van der Waals surface area contributed by atoms with E-state index >= 15 is 0 Å². The number of β-amino-alcohol motifs (C(OH)–C–C–N with tert-alkyl or cyclic N) is 1. The minimum atomic E-state index is -0.678. The molecule has 0 unspecified atom stereocenters. The van der Waals surface area contributed by atoms with Crippen LogP contribution in [-0.2, 0) is 4.74 Å². The molecular formula is C30H47N3O3.